The summed E-state index contributed by atoms with van der Waals surface area (Å²) < 4.78 is 0. The molecule has 0 aliphatic carbocycles. The van der Waals surface area contributed by atoms with Crippen molar-refractivity contribution in [3.05, 3.63) is 28.8 Å². The number of nitrogens with zero attached hydrogens (tertiary/aromatic N) is 1. The zero-order valence-corrected chi connectivity index (χ0v) is 11.1. The van der Waals surface area contributed by atoms with Gasteiger partial charge in [0.1, 0.15) is 0 Å². The molecule has 0 aromatic heterocycles. The van der Waals surface area contributed by atoms with Gasteiger partial charge < -0.3 is 16.0 Å². The highest BCUT2D eigenvalue weighted by molar-refractivity contribution is 6.31. The number of hydrogen-bond acceptors (Lipinski definition) is 3. The molecule has 0 radical (unpaired) electrons. The largest absolute Gasteiger partial charge is 0.398 e. The van der Waals surface area contributed by atoms with Crippen molar-refractivity contribution < 1.29 is 4.79 Å². The summed E-state index contributed by atoms with van der Waals surface area (Å²) in [7, 11) is 3.91. The van der Waals surface area contributed by atoms with E-state index in [1.807, 2.05) is 25.9 Å². The Labute approximate surface area is 107 Å². The second kappa shape index (κ2) is 5.89. The van der Waals surface area contributed by atoms with Gasteiger partial charge in [-0.1, -0.05) is 11.6 Å². The van der Waals surface area contributed by atoms with Crippen LogP contribution in [0.3, 0.4) is 0 Å². The molecule has 0 aliphatic heterocycles. The van der Waals surface area contributed by atoms with Gasteiger partial charge in [-0.05, 0) is 39.2 Å². The Morgan fingerprint density at radius 3 is 2.76 bits per heavy atom. The first-order valence-corrected chi connectivity index (χ1v) is 5.78. The molecule has 1 aromatic rings. The van der Waals surface area contributed by atoms with Crippen molar-refractivity contribution in [2.24, 2.45) is 0 Å². The average Bonchev–Trinajstić information content (AvgIpc) is 2.20. The lowest BCUT2D eigenvalue weighted by Crippen LogP contribution is -2.39. The molecule has 1 unspecified atom stereocenters. The number of anilines is 1. The van der Waals surface area contributed by atoms with E-state index in [1.165, 1.54) is 0 Å². The summed E-state index contributed by atoms with van der Waals surface area (Å²) in [5, 5.41) is 3.38. The van der Waals surface area contributed by atoms with Crippen LogP contribution in [-0.2, 0) is 0 Å². The lowest BCUT2D eigenvalue weighted by molar-refractivity contribution is 0.0935. The first kappa shape index (κ1) is 13.8. The topological polar surface area (TPSA) is 58.4 Å². The summed E-state index contributed by atoms with van der Waals surface area (Å²) in [5.41, 5.74) is 6.59. The van der Waals surface area contributed by atoms with E-state index in [4.69, 9.17) is 17.3 Å². The molecule has 0 bridgehead atoms. The Balaban J connectivity index is 2.73. The predicted molar refractivity (Wildman–Crippen MR) is 71.3 cm³/mol. The third kappa shape index (κ3) is 4.24. The first-order chi connectivity index (χ1) is 7.90. The first-order valence-electron chi connectivity index (χ1n) is 5.40. The van der Waals surface area contributed by atoms with Gasteiger partial charge in [0.05, 0.1) is 5.56 Å². The van der Waals surface area contributed by atoms with Gasteiger partial charge in [-0.3, -0.25) is 4.79 Å². The van der Waals surface area contributed by atoms with Crippen LogP contribution in [0.2, 0.25) is 5.02 Å². The van der Waals surface area contributed by atoms with Gasteiger partial charge in [-0.2, -0.15) is 0 Å². The van der Waals surface area contributed by atoms with Gasteiger partial charge in [-0.25, -0.2) is 0 Å². The van der Waals surface area contributed by atoms with Crippen molar-refractivity contribution >= 4 is 23.2 Å². The standard InChI is InChI=1S/C12H18ClN3O/c1-8(7-16(2)3)15-12(17)10-6-9(13)4-5-11(10)14/h4-6,8H,7,14H2,1-3H3,(H,15,17). The lowest BCUT2D eigenvalue weighted by Gasteiger charge is -2.18. The highest BCUT2D eigenvalue weighted by Crippen LogP contribution is 2.17. The van der Waals surface area contributed by atoms with Gasteiger partial charge >= 0.3 is 0 Å². The maximum atomic E-state index is 11.9. The number of nitrogens with one attached hydrogen (secondary N) is 1. The van der Waals surface area contributed by atoms with E-state index < -0.39 is 0 Å². The van der Waals surface area contributed by atoms with Crippen LogP contribution in [0.15, 0.2) is 18.2 Å². The highest BCUT2D eigenvalue weighted by atomic mass is 35.5. The van der Waals surface area contributed by atoms with E-state index >= 15 is 0 Å². The van der Waals surface area contributed by atoms with E-state index in [2.05, 4.69) is 5.32 Å². The molecule has 0 aliphatic rings. The third-order valence-corrected chi connectivity index (χ3v) is 2.51. The van der Waals surface area contributed by atoms with Crippen LogP contribution in [0.1, 0.15) is 17.3 Å². The van der Waals surface area contributed by atoms with Gasteiger partial charge in [0.25, 0.3) is 5.91 Å². The number of halogens is 1. The minimum atomic E-state index is -0.195. The Kier molecular flexibility index (Phi) is 4.78. The van der Waals surface area contributed by atoms with Crippen LogP contribution in [0.25, 0.3) is 0 Å². The fraction of sp³-hybridized carbons (Fsp3) is 0.417. The number of nitrogens with two attached hydrogens (primary N) is 1. The monoisotopic (exact) mass is 255 g/mol. The number of nitrogen functional groups attached to an aromatic ring is 1. The molecule has 94 valence electrons. The van der Waals surface area contributed by atoms with Crippen LogP contribution in [-0.4, -0.2) is 37.5 Å². The number of benzene rings is 1. The van der Waals surface area contributed by atoms with E-state index in [9.17, 15) is 4.79 Å². The van der Waals surface area contributed by atoms with Crippen LogP contribution in [0, 0.1) is 0 Å². The summed E-state index contributed by atoms with van der Waals surface area (Å²) in [5.74, 6) is -0.195. The molecular weight excluding hydrogens is 238 g/mol. The van der Waals surface area contributed by atoms with Crippen LogP contribution in [0.5, 0.6) is 0 Å². The van der Waals surface area contributed by atoms with Crippen LogP contribution in [0.4, 0.5) is 5.69 Å². The smallest absolute Gasteiger partial charge is 0.253 e. The number of amides is 1. The normalized spacial score (nSPS) is 12.5. The second-order valence-corrected chi connectivity index (χ2v) is 4.80. The Morgan fingerprint density at radius 1 is 1.53 bits per heavy atom. The molecule has 5 heteroatoms. The van der Waals surface area contributed by atoms with E-state index in [0.29, 0.717) is 16.3 Å². The lowest BCUT2D eigenvalue weighted by atomic mass is 10.1. The molecule has 1 aromatic carbocycles. The van der Waals surface area contributed by atoms with Crippen LogP contribution >= 0.6 is 11.6 Å². The molecule has 0 fully saturated rings. The molecule has 1 amide bonds. The van der Waals surface area contributed by atoms with Gasteiger partial charge in [-0.15, -0.1) is 0 Å². The number of carbonyl (C=O) groups excluding carboxylic acids is 1. The minimum absolute atomic E-state index is 0.0517. The molecule has 0 spiro atoms. The van der Waals surface area contributed by atoms with E-state index in [0.717, 1.165) is 6.54 Å². The van der Waals surface area contributed by atoms with Crippen molar-refractivity contribution in [2.45, 2.75) is 13.0 Å². The molecule has 4 nitrogen and oxygen atoms in total. The quantitative estimate of drug-likeness (QED) is 0.804. The average molecular weight is 256 g/mol. The van der Waals surface area contributed by atoms with Crippen molar-refractivity contribution in [3.8, 4) is 0 Å². The van der Waals surface area contributed by atoms with E-state index in [1.54, 1.807) is 18.2 Å². The Hall–Kier alpha value is -1.26. The number of carbonyl (C=O) groups is 1. The molecule has 0 saturated heterocycles. The van der Waals surface area contributed by atoms with Crippen molar-refractivity contribution in [1.82, 2.24) is 10.2 Å². The highest BCUT2D eigenvalue weighted by Gasteiger charge is 2.13. The number of hydrogen-bond donors (Lipinski definition) is 2. The summed E-state index contributed by atoms with van der Waals surface area (Å²) in [6, 6.07) is 4.93. The van der Waals surface area contributed by atoms with Gasteiger partial charge in [0.2, 0.25) is 0 Å². The zero-order chi connectivity index (χ0) is 13.0. The Morgan fingerprint density at radius 2 is 2.18 bits per heavy atom. The molecular formula is C12H18ClN3O. The Bertz CT molecular complexity index is 407. The molecule has 1 rings (SSSR count). The predicted octanol–water partition coefficient (Wildman–Crippen LogP) is 1.60. The summed E-state index contributed by atoms with van der Waals surface area (Å²) >= 11 is 5.84. The van der Waals surface area contributed by atoms with Gasteiger partial charge in [0, 0.05) is 23.3 Å². The SMILES string of the molecule is CC(CN(C)C)NC(=O)c1cc(Cl)ccc1N. The van der Waals surface area contributed by atoms with Crippen LogP contribution < -0.4 is 11.1 Å². The number of rotatable bonds is 4. The third-order valence-electron chi connectivity index (χ3n) is 2.28. The molecule has 17 heavy (non-hydrogen) atoms. The molecule has 1 atom stereocenters. The summed E-state index contributed by atoms with van der Waals surface area (Å²) in [6.45, 7) is 2.71. The minimum Gasteiger partial charge on any atom is -0.398 e. The van der Waals surface area contributed by atoms with Crippen molar-refractivity contribution in [1.29, 1.82) is 0 Å². The van der Waals surface area contributed by atoms with Gasteiger partial charge in [0.15, 0.2) is 0 Å². The fourth-order valence-electron chi connectivity index (χ4n) is 1.62. The van der Waals surface area contributed by atoms with Crippen molar-refractivity contribution in [3.63, 3.8) is 0 Å². The maximum Gasteiger partial charge on any atom is 0.253 e. The summed E-state index contributed by atoms with van der Waals surface area (Å²) in [6.07, 6.45) is 0. The fourth-order valence-corrected chi connectivity index (χ4v) is 1.79. The maximum absolute atomic E-state index is 11.9. The van der Waals surface area contributed by atoms with Crippen molar-refractivity contribution in [2.75, 3.05) is 26.4 Å². The molecule has 0 heterocycles. The van der Waals surface area contributed by atoms with E-state index in [-0.39, 0.29) is 11.9 Å². The summed E-state index contributed by atoms with van der Waals surface area (Å²) in [4.78, 5) is 13.9. The second-order valence-electron chi connectivity index (χ2n) is 4.37. The number of likely N-dealkylation sites (N-methyl/N-ethyl adjacent to an activating group) is 1. The molecule has 3 N–H and O–H groups in total. The molecule has 0 saturated carbocycles. The zero-order valence-electron chi connectivity index (χ0n) is 10.3.